The molecule has 0 aromatic carbocycles. The van der Waals surface area contributed by atoms with E-state index in [2.05, 4.69) is 184 Å². The summed E-state index contributed by atoms with van der Waals surface area (Å²) in [6.07, 6.45) is 91.5. The predicted octanol–water partition coefficient (Wildman–Crippen LogP) is 19.9. The van der Waals surface area contributed by atoms with E-state index in [0.29, 0.717) is 17.4 Å². The average Bonchev–Trinajstić information content (AvgIpc) is 3.46. The van der Waals surface area contributed by atoms with Gasteiger partial charge in [0.25, 0.3) is 6.29 Å². The van der Waals surface area contributed by atoms with Crippen molar-refractivity contribution in [3.63, 3.8) is 0 Å². The molecule has 0 aliphatic rings. The molecule has 0 aliphatic carbocycles. The average molecular weight is 1150 g/mol. The summed E-state index contributed by atoms with van der Waals surface area (Å²) in [5.74, 6) is -2.07. The van der Waals surface area contributed by atoms with Crippen LogP contribution >= 0.6 is 0 Å². The Balaban J connectivity index is 4.31. The molecule has 0 aromatic rings. The molecule has 83 heavy (non-hydrogen) atoms. The summed E-state index contributed by atoms with van der Waals surface area (Å²) >= 11 is 0. The van der Waals surface area contributed by atoms with Crippen LogP contribution < -0.4 is 0 Å². The van der Waals surface area contributed by atoms with Gasteiger partial charge in [0.05, 0.1) is 34.4 Å². The third kappa shape index (κ3) is 64.1. The van der Waals surface area contributed by atoms with Crippen molar-refractivity contribution in [2.45, 2.75) is 232 Å². The fourth-order valence-corrected chi connectivity index (χ4v) is 8.09. The van der Waals surface area contributed by atoms with Crippen LogP contribution in [0.4, 0.5) is 0 Å². The lowest BCUT2D eigenvalue weighted by Gasteiger charge is -2.25. The molecular formula is C74H118NO8+. The molecule has 0 rings (SSSR count). The number of carboxylic acids is 1. The van der Waals surface area contributed by atoms with Crippen molar-refractivity contribution in [1.29, 1.82) is 0 Å². The molecule has 0 amide bonds. The van der Waals surface area contributed by atoms with Gasteiger partial charge in [0.1, 0.15) is 13.2 Å². The highest BCUT2D eigenvalue weighted by atomic mass is 16.7. The second-order valence-electron chi connectivity index (χ2n) is 22.0. The first-order valence-electron chi connectivity index (χ1n) is 32.3. The predicted molar refractivity (Wildman–Crippen MR) is 354 cm³/mol. The number of quaternary nitrogens is 1. The molecule has 0 saturated carbocycles. The summed E-state index contributed by atoms with van der Waals surface area (Å²) in [5.41, 5.74) is 0. The summed E-state index contributed by atoms with van der Waals surface area (Å²) in [6.45, 7) is 4.59. The van der Waals surface area contributed by atoms with E-state index >= 15 is 0 Å². The number of carbonyl (C=O) groups excluding carboxylic acids is 2. The van der Waals surface area contributed by atoms with Crippen LogP contribution in [0.5, 0.6) is 0 Å². The Bertz CT molecular complexity index is 1960. The maximum Gasteiger partial charge on any atom is 0.361 e. The molecule has 0 saturated heterocycles. The zero-order chi connectivity index (χ0) is 60.5. The first kappa shape index (κ1) is 77.7. The number of ether oxygens (including phenoxy) is 4. The van der Waals surface area contributed by atoms with E-state index in [-0.39, 0.29) is 38.6 Å². The van der Waals surface area contributed by atoms with Gasteiger partial charge in [0, 0.05) is 12.8 Å². The van der Waals surface area contributed by atoms with Crippen LogP contribution in [-0.4, -0.2) is 87.4 Å². The number of likely N-dealkylation sites (N-methyl/N-ethyl adjacent to an activating group) is 1. The van der Waals surface area contributed by atoms with Crippen molar-refractivity contribution >= 4 is 17.9 Å². The molecule has 0 heterocycles. The molecule has 9 heteroatoms. The lowest BCUT2D eigenvalue weighted by Crippen LogP contribution is -2.40. The lowest BCUT2D eigenvalue weighted by molar-refractivity contribution is -0.870. The number of esters is 2. The minimum absolute atomic E-state index is 0.171. The van der Waals surface area contributed by atoms with Crippen LogP contribution in [0.25, 0.3) is 0 Å². The third-order valence-corrected chi connectivity index (χ3v) is 13.0. The second kappa shape index (κ2) is 62.7. The topological polar surface area (TPSA) is 108 Å². The van der Waals surface area contributed by atoms with Gasteiger partial charge in [-0.15, -0.1) is 0 Å². The standard InChI is InChI=1S/C74H117NO8/c1-6-8-10-12-14-16-18-20-22-24-26-28-30-32-34-36-38-40-42-44-46-48-50-52-54-56-58-60-62-64-71(76)81-68-70(69-82-74(73(78)79)80-67-66-75(3,4)5)83-72(77)65-63-61-59-57-55-53-51-49-47-45-43-41-39-37-35-33-31-29-27-25-23-21-19-17-15-13-11-9-7-2/h8-11,14-17,20-23,26-29,32-35,38-41,45,47,51,53,70,74H,6-7,12-13,18-19,24-25,30-31,36-37,42-44,46,48-50,52,54-69H2,1-5H3/p+1/b10-8-,11-9-,16-14-,17-15-,22-20-,23-21-,28-26-,29-27-,34-32-,35-33-,40-38-,41-39-,47-45-,53-51-. The molecule has 2 atom stereocenters. The summed E-state index contributed by atoms with van der Waals surface area (Å²) in [5, 5.41) is 9.73. The summed E-state index contributed by atoms with van der Waals surface area (Å²) in [6, 6.07) is 0. The van der Waals surface area contributed by atoms with Crippen LogP contribution in [0, 0.1) is 0 Å². The summed E-state index contributed by atoms with van der Waals surface area (Å²) in [4.78, 5) is 37.6. The molecule has 1 N–H and O–H groups in total. The highest BCUT2D eigenvalue weighted by molar-refractivity contribution is 5.71. The van der Waals surface area contributed by atoms with Gasteiger partial charge in [-0.05, 0) is 128 Å². The maximum absolute atomic E-state index is 12.9. The second-order valence-corrected chi connectivity index (χ2v) is 22.0. The van der Waals surface area contributed by atoms with Gasteiger partial charge in [-0.25, -0.2) is 4.79 Å². The van der Waals surface area contributed by atoms with Crippen LogP contribution in [-0.2, 0) is 33.3 Å². The van der Waals surface area contributed by atoms with E-state index in [1.54, 1.807) is 0 Å². The van der Waals surface area contributed by atoms with Crippen LogP contribution in [0.2, 0.25) is 0 Å². The van der Waals surface area contributed by atoms with E-state index in [9.17, 15) is 19.5 Å². The first-order chi connectivity index (χ1) is 40.6. The van der Waals surface area contributed by atoms with E-state index < -0.39 is 24.3 Å². The van der Waals surface area contributed by atoms with Crippen molar-refractivity contribution in [2.75, 3.05) is 47.5 Å². The van der Waals surface area contributed by atoms with Crippen molar-refractivity contribution in [3.8, 4) is 0 Å². The Hall–Kier alpha value is -5.35. The number of allylic oxidation sites excluding steroid dienone is 28. The fourth-order valence-electron chi connectivity index (χ4n) is 8.09. The minimum Gasteiger partial charge on any atom is -0.477 e. The number of aliphatic carboxylic acids is 1. The SMILES string of the molecule is CC/C=C\C/C=C\C/C=C\C/C=C\C/C=C\C/C=C\C/C=C\C/C=C\CCCCCCC(=O)OC(COC(=O)CCCCCCCCCCCC/C=C\C/C=C\C/C=C\C/C=C\C/C=C\C/C=C\CC)COC(OCC[N+](C)(C)C)C(=O)O. The zero-order valence-electron chi connectivity index (χ0n) is 53.0. The van der Waals surface area contributed by atoms with Crippen molar-refractivity contribution in [2.24, 2.45) is 0 Å². The number of carboxylic acid groups (broad SMARTS) is 1. The number of nitrogens with zero attached hydrogens (tertiary/aromatic N) is 1. The Morgan fingerprint density at radius 3 is 0.964 bits per heavy atom. The Kier molecular flexibility index (Phi) is 58.6. The number of carbonyl (C=O) groups is 3. The van der Waals surface area contributed by atoms with Crippen molar-refractivity contribution in [3.05, 3.63) is 170 Å². The molecule has 0 radical (unpaired) electrons. The van der Waals surface area contributed by atoms with Crippen molar-refractivity contribution in [1.82, 2.24) is 0 Å². The number of rotatable bonds is 57. The Morgan fingerprint density at radius 1 is 0.361 bits per heavy atom. The lowest BCUT2D eigenvalue weighted by atomic mass is 10.1. The minimum atomic E-state index is -1.53. The zero-order valence-corrected chi connectivity index (χ0v) is 53.0. The van der Waals surface area contributed by atoms with Crippen LogP contribution in [0.1, 0.15) is 219 Å². The normalized spacial score (nSPS) is 13.9. The molecule has 0 aromatic heterocycles. The van der Waals surface area contributed by atoms with Gasteiger partial charge in [0.2, 0.25) is 0 Å². The number of unbranched alkanes of at least 4 members (excludes halogenated alkanes) is 14. The number of hydrogen-bond acceptors (Lipinski definition) is 7. The van der Waals surface area contributed by atoms with E-state index in [0.717, 1.165) is 148 Å². The third-order valence-electron chi connectivity index (χ3n) is 13.0. The van der Waals surface area contributed by atoms with E-state index in [4.69, 9.17) is 18.9 Å². The van der Waals surface area contributed by atoms with Gasteiger partial charge in [0.15, 0.2) is 6.10 Å². The molecule has 2 unspecified atom stereocenters. The first-order valence-corrected chi connectivity index (χ1v) is 32.3. The quantitative estimate of drug-likeness (QED) is 0.0211. The van der Waals surface area contributed by atoms with E-state index in [1.807, 2.05) is 21.1 Å². The molecule has 0 bridgehead atoms. The highest BCUT2D eigenvalue weighted by Gasteiger charge is 2.25. The van der Waals surface area contributed by atoms with Gasteiger partial charge >= 0.3 is 17.9 Å². The molecule has 0 fully saturated rings. The molecule has 9 nitrogen and oxygen atoms in total. The molecule has 0 aliphatic heterocycles. The maximum atomic E-state index is 12.9. The van der Waals surface area contributed by atoms with Gasteiger partial charge in [-0.2, -0.15) is 0 Å². The Labute approximate surface area is 507 Å². The van der Waals surface area contributed by atoms with Gasteiger partial charge < -0.3 is 28.5 Å². The summed E-state index contributed by atoms with van der Waals surface area (Å²) in [7, 11) is 5.95. The largest absolute Gasteiger partial charge is 0.477 e. The van der Waals surface area contributed by atoms with Gasteiger partial charge in [-0.1, -0.05) is 248 Å². The van der Waals surface area contributed by atoms with Crippen LogP contribution in [0.15, 0.2) is 170 Å². The van der Waals surface area contributed by atoms with E-state index in [1.165, 1.54) is 38.5 Å². The fraction of sp³-hybridized carbons (Fsp3) is 0.581. The highest BCUT2D eigenvalue weighted by Crippen LogP contribution is 2.14. The van der Waals surface area contributed by atoms with Crippen LogP contribution in [0.3, 0.4) is 0 Å². The molecular weight excluding hydrogens is 1030 g/mol. The number of hydrogen-bond donors (Lipinski definition) is 1. The summed E-state index contributed by atoms with van der Waals surface area (Å²) < 4.78 is 22.9. The molecule has 466 valence electrons. The smallest absolute Gasteiger partial charge is 0.361 e. The van der Waals surface area contributed by atoms with Crippen molar-refractivity contribution < 1.29 is 42.9 Å². The van der Waals surface area contributed by atoms with Gasteiger partial charge in [-0.3, -0.25) is 9.59 Å². The monoisotopic (exact) mass is 1150 g/mol. The molecule has 0 spiro atoms. The Morgan fingerprint density at radius 2 is 0.651 bits per heavy atom.